The standard InChI is InChI=1S/C12H22N2O2/c1-3-16-12(15)9(2)14-6-4-5-10-7-13-8-11(10)14/h9-11,13H,3-8H2,1-2H3. The van der Waals surface area contributed by atoms with Crippen LogP contribution in [0.3, 0.4) is 0 Å². The van der Waals surface area contributed by atoms with Gasteiger partial charge >= 0.3 is 5.97 Å². The van der Waals surface area contributed by atoms with Crippen molar-refractivity contribution < 1.29 is 9.53 Å². The molecule has 16 heavy (non-hydrogen) atoms. The highest BCUT2D eigenvalue weighted by molar-refractivity contribution is 5.75. The molecule has 0 radical (unpaired) electrons. The first-order valence-electron chi connectivity index (χ1n) is 6.37. The molecule has 0 spiro atoms. The molecule has 92 valence electrons. The molecule has 0 saturated carbocycles. The number of likely N-dealkylation sites (tertiary alicyclic amines) is 1. The molecule has 0 bridgehead atoms. The molecule has 2 aliphatic heterocycles. The zero-order valence-electron chi connectivity index (χ0n) is 10.2. The van der Waals surface area contributed by atoms with Crippen LogP contribution < -0.4 is 5.32 Å². The van der Waals surface area contributed by atoms with Crippen molar-refractivity contribution in [1.82, 2.24) is 10.2 Å². The van der Waals surface area contributed by atoms with Crippen LogP contribution >= 0.6 is 0 Å². The highest BCUT2D eigenvalue weighted by Crippen LogP contribution is 2.28. The number of nitrogens with zero attached hydrogens (tertiary/aromatic N) is 1. The summed E-state index contributed by atoms with van der Waals surface area (Å²) in [5, 5.41) is 3.43. The molecule has 3 unspecified atom stereocenters. The SMILES string of the molecule is CCOC(=O)C(C)N1CCCC2CNCC21. The number of nitrogens with one attached hydrogen (secondary N) is 1. The summed E-state index contributed by atoms with van der Waals surface area (Å²) in [7, 11) is 0. The number of carbonyl (C=O) groups is 1. The Balaban J connectivity index is 1.99. The van der Waals surface area contributed by atoms with Crippen LogP contribution in [-0.2, 0) is 9.53 Å². The van der Waals surface area contributed by atoms with Crippen molar-refractivity contribution in [2.45, 2.75) is 38.8 Å². The zero-order chi connectivity index (χ0) is 11.5. The van der Waals surface area contributed by atoms with Gasteiger partial charge < -0.3 is 10.1 Å². The van der Waals surface area contributed by atoms with E-state index in [4.69, 9.17) is 4.74 Å². The number of rotatable bonds is 3. The monoisotopic (exact) mass is 226 g/mol. The van der Waals surface area contributed by atoms with Gasteiger partial charge in [0, 0.05) is 12.6 Å². The van der Waals surface area contributed by atoms with E-state index >= 15 is 0 Å². The van der Waals surface area contributed by atoms with Gasteiger partial charge in [0.2, 0.25) is 0 Å². The van der Waals surface area contributed by atoms with E-state index in [-0.39, 0.29) is 12.0 Å². The van der Waals surface area contributed by atoms with Crippen molar-refractivity contribution in [3.8, 4) is 0 Å². The maximum atomic E-state index is 11.7. The molecule has 0 aliphatic carbocycles. The van der Waals surface area contributed by atoms with E-state index in [0.717, 1.165) is 25.6 Å². The van der Waals surface area contributed by atoms with E-state index in [1.54, 1.807) is 0 Å². The predicted octanol–water partition coefficient (Wildman–Crippen LogP) is 0.622. The minimum atomic E-state index is -0.0901. The quantitative estimate of drug-likeness (QED) is 0.716. The normalized spacial score (nSPS) is 32.1. The third-order valence-corrected chi connectivity index (χ3v) is 3.85. The molecule has 2 aliphatic rings. The fourth-order valence-corrected chi connectivity index (χ4v) is 2.98. The van der Waals surface area contributed by atoms with Gasteiger partial charge in [0.1, 0.15) is 6.04 Å². The number of piperidine rings is 1. The van der Waals surface area contributed by atoms with E-state index in [0.29, 0.717) is 12.6 Å². The van der Waals surface area contributed by atoms with Gasteiger partial charge in [0.05, 0.1) is 6.61 Å². The van der Waals surface area contributed by atoms with Gasteiger partial charge in [-0.05, 0) is 45.7 Å². The number of esters is 1. The summed E-state index contributed by atoms with van der Waals surface area (Å²) in [6.07, 6.45) is 2.50. The van der Waals surface area contributed by atoms with E-state index in [1.807, 2.05) is 13.8 Å². The second kappa shape index (κ2) is 5.15. The summed E-state index contributed by atoms with van der Waals surface area (Å²) in [6.45, 7) is 7.47. The molecular weight excluding hydrogens is 204 g/mol. The van der Waals surface area contributed by atoms with E-state index in [9.17, 15) is 4.79 Å². The maximum absolute atomic E-state index is 11.7. The Morgan fingerprint density at radius 2 is 2.38 bits per heavy atom. The Labute approximate surface area is 97.3 Å². The molecule has 3 atom stereocenters. The molecule has 4 nitrogen and oxygen atoms in total. The lowest BCUT2D eigenvalue weighted by Gasteiger charge is -2.39. The minimum absolute atomic E-state index is 0.0740. The molecule has 0 amide bonds. The van der Waals surface area contributed by atoms with Crippen molar-refractivity contribution in [1.29, 1.82) is 0 Å². The lowest BCUT2D eigenvalue weighted by atomic mass is 9.91. The first-order valence-corrected chi connectivity index (χ1v) is 6.37. The zero-order valence-corrected chi connectivity index (χ0v) is 10.2. The summed E-state index contributed by atoms with van der Waals surface area (Å²) in [6, 6.07) is 0.445. The number of ether oxygens (including phenoxy) is 1. The molecule has 0 aromatic carbocycles. The molecule has 4 heteroatoms. The fraction of sp³-hybridized carbons (Fsp3) is 0.917. The number of hydrogen-bond acceptors (Lipinski definition) is 4. The van der Waals surface area contributed by atoms with Crippen LogP contribution in [0.5, 0.6) is 0 Å². The van der Waals surface area contributed by atoms with Gasteiger partial charge in [-0.25, -0.2) is 0 Å². The highest BCUT2D eigenvalue weighted by Gasteiger charge is 2.39. The lowest BCUT2D eigenvalue weighted by Crippen LogP contribution is -2.52. The molecule has 0 aromatic rings. The van der Waals surface area contributed by atoms with Crippen LogP contribution in [-0.4, -0.2) is 49.2 Å². The highest BCUT2D eigenvalue weighted by atomic mass is 16.5. The van der Waals surface area contributed by atoms with Crippen molar-refractivity contribution >= 4 is 5.97 Å². The van der Waals surface area contributed by atoms with Crippen molar-refractivity contribution in [3.05, 3.63) is 0 Å². The minimum Gasteiger partial charge on any atom is -0.465 e. The molecule has 2 heterocycles. The molecule has 2 fully saturated rings. The van der Waals surface area contributed by atoms with Crippen LogP contribution in [0, 0.1) is 5.92 Å². The van der Waals surface area contributed by atoms with E-state index < -0.39 is 0 Å². The molecule has 1 N–H and O–H groups in total. The summed E-state index contributed by atoms with van der Waals surface area (Å²) in [4.78, 5) is 14.1. The third kappa shape index (κ3) is 2.23. The largest absolute Gasteiger partial charge is 0.465 e. The van der Waals surface area contributed by atoms with Crippen LogP contribution in [0.25, 0.3) is 0 Å². The average Bonchev–Trinajstić information content (AvgIpc) is 2.76. The molecule has 2 rings (SSSR count). The predicted molar refractivity (Wildman–Crippen MR) is 62.2 cm³/mol. The van der Waals surface area contributed by atoms with Gasteiger partial charge in [-0.1, -0.05) is 0 Å². The van der Waals surface area contributed by atoms with Gasteiger partial charge in [0.15, 0.2) is 0 Å². The number of fused-ring (bicyclic) bond motifs is 1. The first-order chi connectivity index (χ1) is 7.74. The average molecular weight is 226 g/mol. The number of hydrogen-bond donors (Lipinski definition) is 1. The number of carbonyl (C=O) groups excluding carboxylic acids is 1. The van der Waals surface area contributed by atoms with Crippen LogP contribution in [0.1, 0.15) is 26.7 Å². The van der Waals surface area contributed by atoms with Crippen molar-refractivity contribution in [2.24, 2.45) is 5.92 Å². The summed E-state index contributed by atoms with van der Waals surface area (Å²) in [5.74, 6) is 0.653. The Bertz CT molecular complexity index is 257. The van der Waals surface area contributed by atoms with Crippen LogP contribution in [0.4, 0.5) is 0 Å². The fourth-order valence-electron chi connectivity index (χ4n) is 2.98. The van der Waals surface area contributed by atoms with E-state index in [1.165, 1.54) is 12.8 Å². The first kappa shape index (κ1) is 11.9. The summed E-state index contributed by atoms with van der Waals surface area (Å²) >= 11 is 0. The Hall–Kier alpha value is -0.610. The van der Waals surface area contributed by atoms with Gasteiger partial charge in [-0.15, -0.1) is 0 Å². The van der Waals surface area contributed by atoms with Crippen molar-refractivity contribution in [3.63, 3.8) is 0 Å². The lowest BCUT2D eigenvalue weighted by molar-refractivity contribution is -0.150. The van der Waals surface area contributed by atoms with Gasteiger partial charge in [-0.2, -0.15) is 0 Å². The van der Waals surface area contributed by atoms with Crippen LogP contribution in [0.15, 0.2) is 0 Å². The maximum Gasteiger partial charge on any atom is 0.323 e. The second-order valence-corrected chi connectivity index (χ2v) is 4.79. The molecule has 0 aromatic heterocycles. The topological polar surface area (TPSA) is 41.6 Å². The Morgan fingerprint density at radius 1 is 1.56 bits per heavy atom. The van der Waals surface area contributed by atoms with E-state index in [2.05, 4.69) is 10.2 Å². The molecular formula is C12H22N2O2. The van der Waals surface area contributed by atoms with Crippen LogP contribution in [0.2, 0.25) is 0 Å². The summed E-state index contributed by atoms with van der Waals surface area (Å²) < 4.78 is 5.10. The van der Waals surface area contributed by atoms with Gasteiger partial charge in [-0.3, -0.25) is 9.69 Å². The smallest absolute Gasteiger partial charge is 0.323 e. The van der Waals surface area contributed by atoms with Crippen molar-refractivity contribution in [2.75, 3.05) is 26.2 Å². The second-order valence-electron chi connectivity index (χ2n) is 4.79. The van der Waals surface area contributed by atoms with Gasteiger partial charge in [0.25, 0.3) is 0 Å². The summed E-state index contributed by atoms with van der Waals surface area (Å²) in [5.41, 5.74) is 0. The Morgan fingerprint density at radius 3 is 3.12 bits per heavy atom. The third-order valence-electron chi connectivity index (χ3n) is 3.85. The Kier molecular flexibility index (Phi) is 3.82. The molecule has 2 saturated heterocycles.